The van der Waals surface area contributed by atoms with Crippen molar-refractivity contribution in [2.45, 2.75) is 19.9 Å². The fourth-order valence-corrected chi connectivity index (χ4v) is 4.19. The van der Waals surface area contributed by atoms with Crippen molar-refractivity contribution >= 4 is 27.3 Å². The normalized spacial score (nSPS) is 11.0. The summed E-state index contributed by atoms with van der Waals surface area (Å²) in [5, 5.41) is 0. The maximum atomic E-state index is 12.9. The second-order valence-corrected chi connectivity index (χ2v) is 7.76. The van der Waals surface area contributed by atoms with E-state index in [-0.39, 0.29) is 17.9 Å². The van der Waals surface area contributed by atoms with Gasteiger partial charge in [-0.1, -0.05) is 31.2 Å². The van der Waals surface area contributed by atoms with Gasteiger partial charge < -0.3 is 4.74 Å². The summed E-state index contributed by atoms with van der Waals surface area (Å²) in [7, 11) is 1.63. The zero-order valence-electron chi connectivity index (χ0n) is 16.2. The van der Waals surface area contributed by atoms with Crippen molar-refractivity contribution in [1.82, 2.24) is 9.55 Å². The minimum atomic E-state index is -0.196. The fraction of sp³-hybridized carbons (Fsp3) is 0.174. The number of ether oxygens (including phenoxy) is 1. The number of nitrogens with zero attached hydrogens (tertiary/aromatic N) is 2. The van der Waals surface area contributed by atoms with E-state index in [4.69, 9.17) is 4.74 Å². The van der Waals surface area contributed by atoms with Crippen LogP contribution in [0.15, 0.2) is 65.7 Å². The van der Waals surface area contributed by atoms with Crippen LogP contribution in [0.3, 0.4) is 0 Å². The smallest absolute Gasteiger partial charge is 0.271 e. The Hall–Kier alpha value is -3.25. The molecule has 6 heteroatoms. The Morgan fingerprint density at radius 1 is 1.10 bits per heavy atom. The molecule has 0 fully saturated rings. The van der Waals surface area contributed by atoms with Gasteiger partial charge in [-0.3, -0.25) is 14.2 Å². The lowest BCUT2D eigenvalue weighted by atomic mass is 10.1. The summed E-state index contributed by atoms with van der Waals surface area (Å²) >= 11 is 1.38. The van der Waals surface area contributed by atoms with Gasteiger partial charge in [0.05, 0.1) is 25.5 Å². The van der Waals surface area contributed by atoms with Crippen molar-refractivity contribution < 1.29 is 9.53 Å². The molecule has 29 heavy (non-hydrogen) atoms. The minimum Gasteiger partial charge on any atom is -0.497 e. The van der Waals surface area contributed by atoms with Crippen molar-refractivity contribution in [2.24, 2.45) is 0 Å². The van der Waals surface area contributed by atoms with E-state index in [1.54, 1.807) is 7.11 Å². The van der Waals surface area contributed by atoms with Crippen LogP contribution in [0.2, 0.25) is 0 Å². The second kappa shape index (κ2) is 8.01. The first-order valence-electron chi connectivity index (χ1n) is 9.34. The van der Waals surface area contributed by atoms with Crippen LogP contribution < -0.4 is 10.3 Å². The number of carbonyl (C=O) groups excluding carboxylic acids is 1. The van der Waals surface area contributed by atoms with Gasteiger partial charge in [-0.05, 0) is 47.9 Å². The molecule has 2 aromatic heterocycles. The quantitative estimate of drug-likeness (QED) is 0.441. The number of carbonyl (C=O) groups is 1. The molecule has 0 N–H and O–H groups in total. The Labute approximate surface area is 172 Å². The maximum absolute atomic E-state index is 12.9. The number of rotatable bonds is 6. The van der Waals surface area contributed by atoms with Gasteiger partial charge in [0, 0.05) is 10.4 Å². The lowest BCUT2D eigenvalue weighted by molar-refractivity contribution is 0.0970. The molecule has 0 amide bonds. The van der Waals surface area contributed by atoms with Crippen molar-refractivity contribution in [2.75, 3.05) is 7.11 Å². The van der Waals surface area contributed by atoms with Crippen LogP contribution in [0, 0.1) is 0 Å². The average Bonchev–Trinajstić information content (AvgIpc) is 3.21. The number of thiophene rings is 1. The van der Waals surface area contributed by atoms with Crippen LogP contribution in [-0.4, -0.2) is 22.4 Å². The van der Waals surface area contributed by atoms with Gasteiger partial charge in [0.1, 0.15) is 10.4 Å². The Balaban J connectivity index is 1.63. The highest BCUT2D eigenvalue weighted by atomic mass is 32.1. The number of hydrogen-bond acceptors (Lipinski definition) is 5. The average molecular weight is 404 g/mol. The molecule has 0 radical (unpaired) electrons. The molecule has 0 spiro atoms. The topological polar surface area (TPSA) is 61.2 Å². The Morgan fingerprint density at radius 3 is 2.48 bits per heavy atom. The highest BCUT2D eigenvalue weighted by Crippen LogP contribution is 2.31. The number of fused-ring (bicyclic) bond motifs is 1. The molecule has 4 aromatic rings. The number of Topliss-reactive ketones (excluding diaryl/α,β-unsaturated/α-hetero) is 1. The van der Waals surface area contributed by atoms with Crippen LogP contribution in [0.4, 0.5) is 0 Å². The van der Waals surface area contributed by atoms with Crippen molar-refractivity contribution in [3.63, 3.8) is 0 Å². The zero-order chi connectivity index (χ0) is 20.4. The van der Waals surface area contributed by atoms with E-state index in [0.717, 1.165) is 22.6 Å². The first-order valence-corrected chi connectivity index (χ1v) is 10.2. The third kappa shape index (κ3) is 3.84. The van der Waals surface area contributed by atoms with Gasteiger partial charge >= 0.3 is 0 Å². The maximum Gasteiger partial charge on any atom is 0.271 e. The van der Waals surface area contributed by atoms with Crippen LogP contribution in [0.5, 0.6) is 5.75 Å². The van der Waals surface area contributed by atoms with Crippen molar-refractivity contribution in [1.29, 1.82) is 0 Å². The lowest BCUT2D eigenvalue weighted by Crippen LogP contribution is -2.24. The summed E-state index contributed by atoms with van der Waals surface area (Å²) in [5.74, 6) is 0.670. The molecule has 0 aliphatic rings. The van der Waals surface area contributed by atoms with E-state index in [1.165, 1.54) is 27.8 Å². The summed E-state index contributed by atoms with van der Waals surface area (Å²) in [4.78, 5) is 30.8. The van der Waals surface area contributed by atoms with Crippen molar-refractivity contribution in [3.8, 4) is 16.2 Å². The standard InChI is InChI=1S/C23H20N2O3S/c1-3-15-4-6-16(7-5-15)20(26)13-25-14-24-19-12-21(29-22(19)23(25)27)17-8-10-18(28-2)11-9-17/h4-12,14H,3,13H2,1-2H3. The third-order valence-electron chi connectivity index (χ3n) is 4.88. The van der Waals surface area contributed by atoms with E-state index in [1.807, 2.05) is 54.6 Å². The van der Waals surface area contributed by atoms with Crippen LogP contribution >= 0.6 is 11.3 Å². The van der Waals surface area contributed by atoms with Gasteiger partial charge in [0.25, 0.3) is 5.56 Å². The van der Waals surface area contributed by atoms with Gasteiger partial charge in [-0.25, -0.2) is 4.98 Å². The largest absolute Gasteiger partial charge is 0.497 e. The summed E-state index contributed by atoms with van der Waals surface area (Å²) in [6.45, 7) is 2.04. The number of hydrogen-bond donors (Lipinski definition) is 0. The third-order valence-corrected chi connectivity index (χ3v) is 6.04. The predicted octanol–water partition coefficient (Wildman–Crippen LogP) is 4.58. The van der Waals surface area contributed by atoms with Gasteiger partial charge in [0.15, 0.2) is 5.78 Å². The number of aryl methyl sites for hydroxylation is 1. The van der Waals surface area contributed by atoms with Crippen LogP contribution in [-0.2, 0) is 13.0 Å². The number of ketones is 1. The van der Waals surface area contributed by atoms with E-state index in [0.29, 0.717) is 15.8 Å². The van der Waals surface area contributed by atoms with Gasteiger partial charge in [-0.2, -0.15) is 0 Å². The highest BCUT2D eigenvalue weighted by Gasteiger charge is 2.13. The predicted molar refractivity (Wildman–Crippen MR) is 116 cm³/mol. The first-order chi connectivity index (χ1) is 14.1. The van der Waals surface area contributed by atoms with Crippen LogP contribution in [0.25, 0.3) is 20.7 Å². The van der Waals surface area contributed by atoms with Crippen LogP contribution in [0.1, 0.15) is 22.8 Å². The molecule has 0 bridgehead atoms. The molecule has 146 valence electrons. The van der Waals surface area contributed by atoms with Gasteiger partial charge in [0.2, 0.25) is 0 Å². The highest BCUT2D eigenvalue weighted by molar-refractivity contribution is 7.22. The molecule has 0 atom stereocenters. The molecule has 2 heterocycles. The molecular formula is C23H20N2O3S. The first kappa shape index (κ1) is 19.1. The van der Waals surface area contributed by atoms with E-state index in [2.05, 4.69) is 11.9 Å². The summed E-state index contributed by atoms with van der Waals surface area (Å²) in [6.07, 6.45) is 2.37. The number of aromatic nitrogens is 2. The molecule has 0 saturated heterocycles. The number of benzene rings is 2. The lowest BCUT2D eigenvalue weighted by Gasteiger charge is -2.05. The van der Waals surface area contributed by atoms with Gasteiger partial charge in [-0.15, -0.1) is 11.3 Å². The Bertz CT molecular complexity index is 1220. The number of methoxy groups -OCH3 is 1. The summed E-state index contributed by atoms with van der Waals surface area (Å²) < 4.78 is 7.12. The summed E-state index contributed by atoms with van der Waals surface area (Å²) in [5.41, 5.74) is 3.21. The second-order valence-electron chi connectivity index (χ2n) is 6.70. The summed E-state index contributed by atoms with van der Waals surface area (Å²) in [6, 6.07) is 17.1. The van der Waals surface area contributed by atoms with E-state index < -0.39 is 0 Å². The van der Waals surface area contributed by atoms with E-state index >= 15 is 0 Å². The monoisotopic (exact) mass is 404 g/mol. The molecule has 5 nitrogen and oxygen atoms in total. The fourth-order valence-electron chi connectivity index (χ4n) is 3.13. The molecule has 0 unspecified atom stereocenters. The molecule has 4 rings (SSSR count). The molecule has 0 saturated carbocycles. The Morgan fingerprint density at radius 2 is 1.83 bits per heavy atom. The molecule has 2 aromatic carbocycles. The SMILES string of the molecule is CCc1ccc(C(=O)Cn2cnc3cc(-c4ccc(OC)cc4)sc3c2=O)cc1. The minimum absolute atomic E-state index is 0.0248. The van der Waals surface area contributed by atoms with E-state index in [9.17, 15) is 9.59 Å². The zero-order valence-corrected chi connectivity index (χ0v) is 17.0. The Kier molecular flexibility index (Phi) is 5.27. The molecule has 0 aliphatic carbocycles. The van der Waals surface area contributed by atoms with Crippen molar-refractivity contribution in [3.05, 3.63) is 82.4 Å². The molecular weight excluding hydrogens is 384 g/mol. The molecule has 0 aliphatic heterocycles.